The van der Waals surface area contributed by atoms with Crippen LogP contribution in [0, 0.1) is 0 Å². The number of nitrogens with two attached hydrogens (primary N) is 1. The number of rotatable bonds is 5. The molecular weight excluding hydrogens is 228 g/mol. The average molecular weight is 256 g/mol. The topological polar surface area (TPSA) is 47.7 Å². The number of ether oxygens (including phenoxy) is 2. The number of hydrogen-bond donors (Lipinski definition) is 1. The molecule has 2 rings (SSSR count). The summed E-state index contributed by atoms with van der Waals surface area (Å²) in [6.45, 7) is 4.28. The van der Waals surface area contributed by atoms with Crippen molar-refractivity contribution in [2.75, 3.05) is 40.0 Å². The Morgan fingerprint density at radius 3 is 2.78 bits per heavy atom. The van der Waals surface area contributed by atoms with Crippen LogP contribution in [-0.2, 0) is 9.47 Å². The lowest BCUT2D eigenvalue weighted by Gasteiger charge is -2.38. The van der Waals surface area contributed by atoms with Gasteiger partial charge >= 0.3 is 0 Å². The van der Waals surface area contributed by atoms with Crippen molar-refractivity contribution in [3.05, 3.63) is 0 Å². The highest BCUT2D eigenvalue weighted by Gasteiger charge is 2.32. The molecule has 4 heteroatoms. The van der Waals surface area contributed by atoms with Crippen LogP contribution in [0.2, 0.25) is 0 Å². The molecule has 2 aliphatic heterocycles. The fraction of sp³-hybridized carbons (Fsp3) is 1.00. The Bertz CT molecular complexity index is 242. The van der Waals surface area contributed by atoms with Crippen LogP contribution in [-0.4, -0.2) is 56.5 Å². The van der Waals surface area contributed by atoms with Crippen molar-refractivity contribution in [2.45, 2.75) is 50.2 Å². The second-order valence-corrected chi connectivity index (χ2v) is 5.77. The van der Waals surface area contributed by atoms with E-state index >= 15 is 0 Å². The number of piperidine rings is 1. The van der Waals surface area contributed by atoms with Crippen molar-refractivity contribution < 1.29 is 9.47 Å². The first kappa shape index (κ1) is 14.3. The summed E-state index contributed by atoms with van der Waals surface area (Å²) in [4.78, 5) is 2.48. The second-order valence-electron chi connectivity index (χ2n) is 5.77. The molecule has 1 unspecified atom stereocenters. The van der Waals surface area contributed by atoms with Crippen molar-refractivity contribution in [3.63, 3.8) is 0 Å². The lowest BCUT2D eigenvalue weighted by atomic mass is 9.94. The van der Waals surface area contributed by atoms with Crippen molar-refractivity contribution in [1.82, 2.24) is 4.90 Å². The quantitative estimate of drug-likeness (QED) is 0.807. The molecule has 0 aromatic carbocycles. The maximum Gasteiger partial charge on any atom is 0.0847 e. The van der Waals surface area contributed by atoms with Crippen LogP contribution < -0.4 is 5.73 Å². The Morgan fingerprint density at radius 2 is 2.11 bits per heavy atom. The summed E-state index contributed by atoms with van der Waals surface area (Å²) in [5.74, 6) is 0. The number of likely N-dealkylation sites (tertiary alicyclic amines) is 1. The van der Waals surface area contributed by atoms with Crippen LogP contribution in [0.15, 0.2) is 0 Å². The van der Waals surface area contributed by atoms with Crippen LogP contribution >= 0.6 is 0 Å². The summed E-state index contributed by atoms with van der Waals surface area (Å²) in [5.41, 5.74) is 5.79. The Morgan fingerprint density at radius 1 is 1.33 bits per heavy atom. The van der Waals surface area contributed by atoms with Gasteiger partial charge in [0.1, 0.15) is 0 Å². The smallest absolute Gasteiger partial charge is 0.0847 e. The maximum atomic E-state index is 6.14. The van der Waals surface area contributed by atoms with E-state index in [1.165, 1.54) is 25.8 Å². The third kappa shape index (κ3) is 3.67. The van der Waals surface area contributed by atoms with Gasteiger partial charge in [0.25, 0.3) is 0 Å². The molecule has 0 aliphatic carbocycles. The zero-order valence-corrected chi connectivity index (χ0v) is 11.7. The fourth-order valence-electron chi connectivity index (χ4n) is 3.07. The molecule has 2 N–H and O–H groups in total. The molecule has 2 aliphatic rings. The van der Waals surface area contributed by atoms with Crippen molar-refractivity contribution in [3.8, 4) is 0 Å². The molecule has 2 fully saturated rings. The van der Waals surface area contributed by atoms with Gasteiger partial charge < -0.3 is 20.1 Å². The van der Waals surface area contributed by atoms with Gasteiger partial charge in [-0.05, 0) is 32.9 Å². The second kappa shape index (κ2) is 6.85. The van der Waals surface area contributed by atoms with Gasteiger partial charge in [-0.15, -0.1) is 0 Å². The summed E-state index contributed by atoms with van der Waals surface area (Å²) in [6, 6.07) is 0.702. The van der Waals surface area contributed by atoms with Gasteiger partial charge in [0.15, 0.2) is 0 Å². The molecule has 0 radical (unpaired) electrons. The predicted molar refractivity (Wildman–Crippen MR) is 72.7 cm³/mol. The van der Waals surface area contributed by atoms with Crippen LogP contribution in [0.5, 0.6) is 0 Å². The van der Waals surface area contributed by atoms with Crippen LogP contribution in [0.25, 0.3) is 0 Å². The molecule has 0 aromatic rings. The average Bonchev–Trinajstić information content (AvgIpc) is 2.42. The highest BCUT2D eigenvalue weighted by atomic mass is 16.5. The first-order valence-electron chi connectivity index (χ1n) is 7.38. The van der Waals surface area contributed by atoms with E-state index in [4.69, 9.17) is 15.2 Å². The van der Waals surface area contributed by atoms with Gasteiger partial charge in [-0.3, -0.25) is 0 Å². The van der Waals surface area contributed by atoms with E-state index in [0.29, 0.717) is 12.6 Å². The monoisotopic (exact) mass is 256 g/mol. The zero-order chi connectivity index (χ0) is 12.8. The summed E-state index contributed by atoms with van der Waals surface area (Å²) in [6.07, 6.45) is 7.06. The SMILES string of the molecule is CN1CCCCC1CCOC1(CN)CCOCC1. The van der Waals surface area contributed by atoms with E-state index in [-0.39, 0.29) is 5.60 Å². The van der Waals surface area contributed by atoms with E-state index in [2.05, 4.69) is 11.9 Å². The largest absolute Gasteiger partial charge is 0.381 e. The first-order valence-corrected chi connectivity index (χ1v) is 7.38. The van der Waals surface area contributed by atoms with Gasteiger partial charge in [-0.2, -0.15) is 0 Å². The van der Waals surface area contributed by atoms with Crippen LogP contribution in [0.4, 0.5) is 0 Å². The van der Waals surface area contributed by atoms with E-state index in [1.807, 2.05) is 0 Å². The molecule has 0 saturated carbocycles. The summed E-state index contributed by atoms with van der Waals surface area (Å²) in [5, 5.41) is 0. The lowest BCUT2D eigenvalue weighted by molar-refractivity contribution is -0.108. The maximum absolute atomic E-state index is 6.14. The highest BCUT2D eigenvalue weighted by Crippen LogP contribution is 2.25. The molecule has 4 nitrogen and oxygen atoms in total. The molecule has 2 saturated heterocycles. The van der Waals surface area contributed by atoms with E-state index in [9.17, 15) is 0 Å². The molecule has 1 atom stereocenters. The van der Waals surface area contributed by atoms with E-state index in [0.717, 1.165) is 39.1 Å². The zero-order valence-electron chi connectivity index (χ0n) is 11.7. The molecule has 18 heavy (non-hydrogen) atoms. The standard InChI is InChI=1S/C14H28N2O2/c1-16-8-3-2-4-13(16)5-9-18-14(12-15)6-10-17-11-7-14/h13H,2-12,15H2,1H3. The third-order valence-corrected chi connectivity index (χ3v) is 4.56. The van der Waals surface area contributed by atoms with Gasteiger partial charge in [0, 0.05) is 45.2 Å². The number of hydrogen-bond acceptors (Lipinski definition) is 4. The normalized spacial score (nSPS) is 29.3. The molecular formula is C14H28N2O2. The molecule has 106 valence electrons. The fourth-order valence-corrected chi connectivity index (χ4v) is 3.07. The summed E-state index contributed by atoms with van der Waals surface area (Å²) >= 11 is 0. The molecule has 0 bridgehead atoms. The lowest BCUT2D eigenvalue weighted by Crippen LogP contribution is -2.46. The van der Waals surface area contributed by atoms with Crippen molar-refractivity contribution >= 4 is 0 Å². The van der Waals surface area contributed by atoms with Crippen molar-refractivity contribution in [1.29, 1.82) is 0 Å². The predicted octanol–water partition coefficient (Wildman–Crippen LogP) is 1.39. The van der Waals surface area contributed by atoms with E-state index < -0.39 is 0 Å². The Kier molecular flexibility index (Phi) is 5.42. The Hall–Kier alpha value is -0.160. The van der Waals surface area contributed by atoms with Gasteiger partial charge in [0.05, 0.1) is 5.60 Å². The van der Waals surface area contributed by atoms with Gasteiger partial charge in [0.2, 0.25) is 0 Å². The van der Waals surface area contributed by atoms with Crippen LogP contribution in [0.1, 0.15) is 38.5 Å². The molecule has 0 spiro atoms. The summed E-state index contributed by atoms with van der Waals surface area (Å²) in [7, 11) is 2.23. The van der Waals surface area contributed by atoms with E-state index in [1.54, 1.807) is 0 Å². The Balaban J connectivity index is 1.72. The summed E-state index contributed by atoms with van der Waals surface area (Å²) < 4.78 is 11.5. The molecule has 2 heterocycles. The van der Waals surface area contributed by atoms with Crippen molar-refractivity contribution in [2.24, 2.45) is 5.73 Å². The van der Waals surface area contributed by atoms with Gasteiger partial charge in [-0.25, -0.2) is 0 Å². The third-order valence-electron chi connectivity index (χ3n) is 4.56. The molecule has 0 amide bonds. The van der Waals surface area contributed by atoms with Gasteiger partial charge in [-0.1, -0.05) is 6.42 Å². The highest BCUT2D eigenvalue weighted by molar-refractivity contribution is 4.85. The minimum Gasteiger partial charge on any atom is -0.381 e. The molecule has 0 aromatic heterocycles. The number of nitrogens with zero attached hydrogens (tertiary/aromatic N) is 1. The minimum absolute atomic E-state index is 0.106. The first-order chi connectivity index (χ1) is 8.76. The Labute approximate surface area is 111 Å². The minimum atomic E-state index is -0.106. The van der Waals surface area contributed by atoms with Crippen LogP contribution in [0.3, 0.4) is 0 Å².